The van der Waals surface area contributed by atoms with Gasteiger partial charge in [0.2, 0.25) is 11.8 Å². The highest BCUT2D eigenvalue weighted by atomic mass is 35.5. The number of rotatable bonds is 15. The molecule has 33 heavy (non-hydrogen) atoms. The monoisotopic (exact) mass is 495 g/mol. The second-order valence-corrected chi connectivity index (χ2v) is 9.36. The molecule has 0 saturated heterocycles. The van der Waals surface area contributed by atoms with Crippen LogP contribution in [0.2, 0.25) is 0 Å². The number of ether oxygens (including phenoxy) is 1. The fourth-order valence-electron chi connectivity index (χ4n) is 3.22. The number of carbonyl (C=O) groups is 2. The zero-order valence-corrected chi connectivity index (χ0v) is 22.2. The number of hydrogen-bond acceptors (Lipinski definition) is 5. The predicted octanol–water partition coefficient (Wildman–Crippen LogP) is 5.91. The lowest BCUT2D eigenvalue weighted by atomic mass is 10.0. The molecule has 0 radical (unpaired) electrons. The maximum Gasteiger partial charge on any atom is 0.249 e. The van der Waals surface area contributed by atoms with Crippen molar-refractivity contribution < 1.29 is 14.3 Å². The lowest BCUT2D eigenvalue weighted by molar-refractivity contribution is -0.126. The van der Waals surface area contributed by atoms with Gasteiger partial charge in [-0.1, -0.05) is 29.7 Å². The Hall–Kier alpha value is -2.12. The molecule has 1 rings (SSSR count). The van der Waals surface area contributed by atoms with E-state index in [0.29, 0.717) is 18.8 Å². The van der Waals surface area contributed by atoms with Crippen LogP contribution in [0, 0.1) is 0 Å². The Bertz CT molecular complexity index is 819. The number of nitrogens with zero attached hydrogens (tertiary/aromatic N) is 3. The van der Waals surface area contributed by atoms with Gasteiger partial charge in [-0.25, -0.2) is 4.98 Å². The van der Waals surface area contributed by atoms with E-state index in [2.05, 4.69) is 4.98 Å². The minimum Gasteiger partial charge on any atom is -0.501 e. The van der Waals surface area contributed by atoms with E-state index in [1.54, 1.807) is 53.9 Å². The molecule has 0 aliphatic rings. The molecular formula is C25H38ClN3O3S. The van der Waals surface area contributed by atoms with Crippen molar-refractivity contribution in [2.45, 2.75) is 65.3 Å². The summed E-state index contributed by atoms with van der Waals surface area (Å²) >= 11 is 7.56. The largest absolute Gasteiger partial charge is 0.501 e. The average molecular weight is 496 g/mol. The van der Waals surface area contributed by atoms with Crippen molar-refractivity contribution in [1.82, 2.24) is 14.8 Å². The van der Waals surface area contributed by atoms with Crippen molar-refractivity contribution in [3.05, 3.63) is 51.2 Å². The molecule has 1 aromatic rings. The molecule has 6 nitrogen and oxygen atoms in total. The van der Waals surface area contributed by atoms with Gasteiger partial charge in [-0.3, -0.25) is 9.59 Å². The summed E-state index contributed by atoms with van der Waals surface area (Å²) in [4.78, 5) is 32.1. The Morgan fingerprint density at radius 3 is 2.48 bits per heavy atom. The highest BCUT2D eigenvalue weighted by Crippen LogP contribution is 2.17. The summed E-state index contributed by atoms with van der Waals surface area (Å²) in [5.74, 6) is 0.598. The van der Waals surface area contributed by atoms with Gasteiger partial charge in [-0.05, 0) is 52.4 Å². The molecule has 0 N–H and O–H groups in total. The van der Waals surface area contributed by atoms with Crippen LogP contribution in [0.25, 0.3) is 0 Å². The number of allylic oxidation sites excluding steroid dienone is 3. The van der Waals surface area contributed by atoms with E-state index in [9.17, 15) is 9.59 Å². The van der Waals surface area contributed by atoms with Crippen LogP contribution < -0.4 is 0 Å². The molecule has 0 saturated carbocycles. The average Bonchev–Trinajstić information content (AvgIpc) is 3.31. The normalized spacial score (nSPS) is 12.6. The van der Waals surface area contributed by atoms with Gasteiger partial charge >= 0.3 is 0 Å². The van der Waals surface area contributed by atoms with Gasteiger partial charge in [0.1, 0.15) is 5.01 Å². The SMILES string of the molecule is CO/C(C)=C/C(=O)N(C)CCC/C(=C/Cl)CCCCC/C=C(\C)C(=O)N(C)Cc1nccs1. The maximum atomic E-state index is 12.5. The fourth-order valence-corrected chi connectivity index (χ4v) is 4.10. The van der Waals surface area contributed by atoms with E-state index in [1.165, 1.54) is 11.6 Å². The summed E-state index contributed by atoms with van der Waals surface area (Å²) in [5, 5.41) is 2.86. The second-order valence-electron chi connectivity index (χ2n) is 8.16. The van der Waals surface area contributed by atoms with Crippen molar-refractivity contribution in [3.63, 3.8) is 0 Å². The number of carbonyl (C=O) groups excluding carboxylic acids is 2. The van der Waals surface area contributed by atoms with Crippen LogP contribution in [0.1, 0.15) is 63.8 Å². The number of thiazole rings is 1. The first kappa shape index (κ1) is 28.9. The highest BCUT2D eigenvalue weighted by Gasteiger charge is 2.12. The van der Waals surface area contributed by atoms with E-state index >= 15 is 0 Å². The molecule has 2 amide bonds. The van der Waals surface area contributed by atoms with Crippen molar-refractivity contribution >= 4 is 34.8 Å². The van der Waals surface area contributed by atoms with E-state index in [-0.39, 0.29) is 11.8 Å². The van der Waals surface area contributed by atoms with Crippen LogP contribution in [0.3, 0.4) is 0 Å². The third-order valence-electron chi connectivity index (χ3n) is 5.36. The zero-order valence-electron chi connectivity index (χ0n) is 20.6. The minimum absolute atomic E-state index is 0.0499. The Kier molecular flexibility index (Phi) is 14.4. The quantitative estimate of drug-likeness (QED) is 0.172. The standard InChI is InChI=1S/C25H38ClN3O3S/c1-20(25(31)29(4)19-23-27-14-16-33-23)11-8-6-7-9-12-22(18-26)13-10-15-28(3)24(30)17-21(2)32-5/h11,14,16-18H,6-10,12-13,15,19H2,1-5H3/b20-11+,21-17+,22-18+. The number of amides is 2. The molecule has 184 valence electrons. The van der Waals surface area contributed by atoms with Crippen molar-refractivity contribution in [2.24, 2.45) is 0 Å². The number of aromatic nitrogens is 1. The Morgan fingerprint density at radius 2 is 1.85 bits per heavy atom. The Labute approximate surface area is 208 Å². The van der Waals surface area contributed by atoms with Gasteiger partial charge < -0.3 is 14.5 Å². The van der Waals surface area contributed by atoms with Gasteiger partial charge in [-0.15, -0.1) is 11.3 Å². The topological polar surface area (TPSA) is 62.7 Å². The summed E-state index contributed by atoms with van der Waals surface area (Å²) in [5.41, 5.74) is 3.68. The highest BCUT2D eigenvalue weighted by molar-refractivity contribution is 7.09. The van der Waals surface area contributed by atoms with Crippen molar-refractivity contribution in [1.29, 1.82) is 0 Å². The molecule has 0 aliphatic heterocycles. The summed E-state index contributed by atoms with van der Waals surface area (Å²) in [6, 6.07) is 0. The van der Waals surface area contributed by atoms with Crippen molar-refractivity contribution in [2.75, 3.05) is 27.7 Å². The molecule has 1 heterocycles. The van der Waals surface area contributed by atoms with Gasteiger partial charge in [0.05, 0.1) is 19.4 Å². The summed E-state index contributed by atoms with van der Waals surface area (Å²) < 4.78 is 5.02. The van der Waals surface area contributed by atoms with Crippen LogP contribution in [0.5, 0.6) is 0 Å². The van der Waals surface area contributed by atoms with E-state index < -0.39 is 0 Å². The lowest BCUT2D eigenvalue weighted by Gasteiger charge is -2.16. The van der Waals surface area contributed by atoms with Gasteiger partial charge in [0, 0.05) is 49.4 Å². The maximum absolute atomic E-state index is 12.5. The van der Waals surface area contributed by atoms with Gasteiger partial charge in [0.25, 0.3) is 0 Å². The molecule has 0 fully saturated rings. The third-order valence-corrected chi connectivity index (χ3v) is 6.44. The summed E-state index contributed by atoms with van der Waals surface area (Å²) in [7, 11) is 5.16. The van der Waals surface area contributed by atoms with E-state index in [0.717, 1.165) is 55.5 Å². The zero-order chi connectivity index (χ0) is 24.6. The molecule has 0 aromatic carbocycles. The molecule has 0 bridgehead atoms. The smallest absolute Gasteiger partial charge is 0.249 e. The number of unbranched alkanes of at least 4 members (excludes halogenated alkanes) is 3. The van der Waals surface area contributed by atoms with Crippen LogP contribution in [-0.2, 0) is 20.9 Å². The Morgan fingerprint density at radius 1 is 1.12 bits per heavy atom. The number of likely N-dealkylation sites (N-methyl/N-ethyl adjacent to an activating group) is 2. The summed E-state index contributed by atoms with van der Waals surface area (Å²) in [6.45, 7) is 4.86. The molecule has 0 spiro atoms. The minimum atomic E-state index is -0.0537. The molecule has 0 unspecified atom stereocenters. The first-order valence-corrected chi connectivity index (χ1v) is 12.7. The van der Waals surface area contributed by atoms with Crippen LogP contribution >= 0.6 is 22.9 Å². The molecule has 8 heteroatoms. The molecule has 0 aliphatic carbocycles. The number of halogens is 1. The van der Waals surface area contributed by atoms with Crippen LogP contribution in [-0.4, -0.2) is 54.3 Å². The molecular weight excluding hydrogens is 458 g/mol. The third kappa shape index (κ3) is 12.1. The van der Waals surface area contributed by atoms with E-state index in [4.69, 9.17) is 16.3 Å². The first-order valence-electron chi connectivity index (χ1n) is 11.3. The lowest BCUT2D eigenvalue weighted by Crippen LogP contribution is -2.26. The fraction of sp³-hybridized carbons (Fsp3) is 0.560. The van der Waals surface area contributed by atoms with Gasteiger partial charge in [-0.2, -0.15) is 0 Å². The van der Waals surface area contributed by atoms with Crippen LogP contribution in [0.4, 0.5) is 0 Å². The summed E-state index contributed by atoms with van der Waals surface area (Å²) in [6.07, 6.45) is 12.1. The van der Waals surface area contributed by atoms with Crippen LogP contribution in [0.15, 0.2) is 46.2 Å². The molecule has 0 atom stereocenters. The second kappa shape index (κ2) is 16.5. The predicted molar refractivity (Wildman–Crippen MR) is 137 cm³/mol. The van der Waals surface area contributed by atoms with E-state index in [1.807, 2.05) is 25.4 Å². The number of methoxy groups -OCH3 is 1. The first-order chi connectivity index (χ1) is 15.8. The van der Waals surface area contributed by atoms with Gasteiger partial charge in [0.15, 0.2) is 0 Å². The Balaban J connectivity index is 2.23. The van der Waals surface area contributed by atoms with Crippen molar-refractivity contribution in [3.8, 4) is 0 Å². The molecule has 1 aromatic heterocycles. The number of hydrogen-bond donors (Lipinski definition) is 0.